The summed E-state index contributed by atoms with van der Waals surface area (Å²) in [5.74, 6) is -0.810. The summed E-state index contributed by atoms with van der Waals surface area (Å²) in [5.41, 5.74) is 0.933. The molecule has 8 nitrogen and oxygen atoms in total. The Morgan fingerprint density at radius 3 is 2.57 bits per heavy atom. The third-order valence-electron chi connectivity index (χ3n) is 4.98. The largest absolute Gasteiger partial charge is 0.573 e. The number of nitrogens with zero attached hydrogens (tertiary/aromatic N) is 2. The normalized spacial score (nSPS) is 12.3. The van der Waals surface area contributed by atoms with Gasteiger partial charge in [0.15, 0.2) is 11.5 Å². The van der Waals surface area contributed by atoms with Crippen molar-refractivity contribution < 1.29 is 32.9 Å². The standard InChI is InChI=1S/C23H24ClF3N4O4/c1-28-20-18(22(34)29-10-3-11-32)31(13-14-6-8-16(24)9-7-14)21(30-20)19(33)15-4-2-5-17(12-15)35-23(25,26)27/h2,4-9,12,19,28,32-33H,3,10-11,13H2,1H3,(H,29,34). The van der Waals surface area contributed by atoms with Gasteiger partial charge in [0.25, 0.3) is 5.91 Å². The van der Waals surface area contributed by atoms with Gasteiger partial charge in [-0.05, 0) is 41.8 Å². The molecule has 1 atom stereocenters. The quantitative estimate of drug-likeness (QED) is 0.308. The van der Waals surface area contributed by atoms with Gasteiger partial charge in [-0.25, -0.2) is 4.98 Å². The fraction of sp³-hybridized carbons (Fsp3) is 0.304. The fourth-order valence-electron chi connectivity index (χ4n) is 3.41. The van der Waals surface area contributed by atoms with Gasteiger partial charge in [-0.15, -0.1) is 13.2 Å². The lowest BCUT2D eigenvalue weighted by molar-refractivity contribution is -0.274. The minimum Gasteiger partial charge on any atom is -0.406 e. The number of imidazole rings is 1. The molecule has 35 heavy (non-hydrogen) atoms. The molecule has 0 aliphatic heterocycles. The van der Waals surface area contributed by atoms with Gasteiger partial charge in [-0.2, -0.15) is 0 Å². The van der Waals surface area contributed by atoms with Crippen molar-refractivity contribution in [3.63, 3.8) is 0 Å². The number of anilines is 1. The summed E-state index contributed by atoms with van der Waals surface area (Å²) in [4.78, 5) is 17.4. The SMILES string of the molecule is CNc1nc(C(O)c2cccc(OC(F)(F)F)c2)n(Cc2ccc(Cl)cc2)c1C(=O)NCCCO. The molecule has 0 saturated heterocycles. The third-order valence-corrected chi connectivity index (χ3v) is 5.23. The number of halogens is 4. The highest BCUT2D eigenvalue weighted by Crippen LogP contribution is 2.31. The van der Waals surface area contributed by atoms with Crippen LogP contribution in [0.4, 0.5) is 19.0 Å². The molecule has 0 bridgehead atoms. The molecular weight excluding hydrogens is 489 g/mol. The first-order chi connectivity index (χ1) is 16.6. The van der Waals surface area contributed by atoms with Crippen LogP contribution in [-0.4, -0.2) is 52.2 Å². The summed E-state index contributed by atoms with van der Waals surface area (Å²) in [6.45, 7) is 0.211. The molecular formula is C23H24ClF3N4O4. The minimum absolute atomic E-state index is 0.0285. The van der Waals surface area contributed by atoms with Crippen LogP contribution in [0.15, 0.2) is 48.5 Å². The smallest absolute Gasteiger partial charge is 0.406 e. The molecule has 0 aliphatic carbocycles. The molecule has 1 unspecified atom stereocenters. The van der Waals surface area contributed by atoms with Crippen LogP contribution in [-0.2, 0) is 6.54 Å². The average Bonchev–Trinajstić information content (AvgIpc) is 3.17. The second kappa shape index (κ2) is 11.4. The van der Waals surface area contributed by atoms with Crippen molar-refractivity contribution in [1.29, 1.82) is 0 Å². The third kappa shape index (κ3) is 6.87. The Morgan fingerprint density at radius 1 is 1.23 bits per heavy atom. The number of amides is 1. The lowest BCUT2D eigenvalue weighted by Crippen LogP contribution is -2.29. The predicted octanol–water partition coefficient (Wildman–Crippen LogP) is 3.72. The molecule has 2 aromatic carbocycles. The van der Waals surface area contributed by atoms with E-state index >= 15 is 0 Å². The average molecular weight is 513 g/mol. The Morgan fingerprint density at radius 2 is 1.94 bits per heavy atom. The highest BCUT2D eigenvalue weighted by molar-refractivity contribution is 6.30. The number of carbonyl (C=O) groups is 1. The molecule has 3 rings (SSSR count). The second-order valence-corrected chi connectivity index (χ2v) is 7.92. The topological polar surface area (TPSA) is 109 Å². The maximum Gasteiger partial charge on any atom is 0.573 e. The van der Waals surface area contributed by atoms with Gasteiger partial charge in [-0.3, -0.25) is 4.79 Å². The number of benzene rings is 2. The van der Waals surface area contributed by atoms with Crippen molar-refractivity contribution in [1.82, 2.24) is 14.9 Å². The molecule has 1 heterocycles. The highest BCUT2D eigenvalue weighted by atomic mass is 35.5. The summed E-state index contributed by atoms with van der Waals surface area (Å²) in [7, 11) is 1.55. The van der Waals surface area contributed by atoms with Gasteiger partial charge >= 0.3 is 6.36 Å². The molecule has 0 radical (unpaired) electrons. The molecule has 1 amide bonds. The minimum atomic E-state index is -4.89. The van der Waals surface area contributed by atoms with E-state index in [1.165, 1.54) is 16.7 Å². The van der Waals surface area contributed by atoms with Gasteiger partial charge < -0.3 is 30.2 Å². The zero-order chi connectivity index (χ0) is 25.6. The molecule has 12 heteroatoms. The van der Waals surface area contributed by atoms with Crippen LogP contribution in [0.5, 0.6) is 5.75 Å². The van der Waals surface area contributed by atoms with Crippen molar-refractivity contribution >= 4 is 23.3 Å². The van der Waals surface area contributed by atoms with E-state index in [1.54, 1.807) is 31.3 Å². The van der Waals surface area contributed by atoms with Crippen LogP contribution in [0.3, 0.4) is 0 Å². The van der Waals surface area contributed by atoms with Crippen LogP contribution in [0.1, 0.15) is 40.0 Å². The highest BCUT2D eigenvalue weighted by Gasteiger charge is 2.32. The van der Waals surface area contributed by atoms with E-state index in [4.69, 9.17) is 16.7 Å². The first kappa shape index (κ1) is 26.3. The number of aromatic nitrogens is 2. The molecule has 0 spiro atoms. The molecule has 0 fully saturated rings. The number of hydrogen-bond acceptors (Lipinski definition) is 6. The maximum atomic E-state index is 13.0. The Bertz CT molecular complexity index is 1150. The van der Waals surface area contributed by atoms with Gasteiger partial charge in [-0.1, -0.05) is 35.9 Å². The molecule has 4 N–H and O–H groups in total. The number of aliphatic hydroxyl groups is 2. The van der Waals surface area contributed by atoms with Gasteiger partial charge in [0, 0.05) is 31.8 Å². The Hall–Kier alpha value is -3.28. The molecule has 0 aliphatic rings. The van der Waals surface area contributed by atoms with Crippen molar-refractivity contribution in [3.8, 4) is 5.75 Å². The Kier molecular flexibility index (Phi) is 8.60. The summed E-state index contributed by atoms with van der Waals surface area (Å²) >= 11 is 5.97. The van der Waals surface area contributed by atoms with Crippen molar-refractivity contribution in [2.24, 2.45) is 0 Å². The number of hydrogen-bond donors (Lipinski definition) is 4. The summed E-state index contributed by atoms with van der Waals surface area (Å²) < 4.78 is 43.5. The van der Waals surface area contributed by atoms with E-state index < -0.39 is 24.1 Å². The van der Waals surface area contributed by atoms with Crippen LogP contribution in [0.25, 0.3) is 0 Å². The number of rotatable bonds is 10. The first-order valence-electron chi connectivity index (χ1n) is 10.6. The van der Waals surface area contributed by atoms with Crippen LogP contribution in [0, 0.1) is 0 Å². The van der Waals surface area contributed by atoms with Crippen LogP contribution < -0.4 is 15.4 Å². The summed E-state index contributed by atoms with van der Waals surface area (Å²) in [6.07, 6.45) is -6.03. The second-order valence-electron chi connectivity index (χ2n) is 7.49. The van der Waals surface area contributed by atoms with E-state index in [0.717, 1.165) is 17.7 Å². The Labute approximate surface area is 204 Å². The first-order valence-corrected chi connectivity index (χ1v) is 11.0. The number of alkyl halides is 3. The van der Waals surface area contributed by atoms with Gasteiger partial charge in [0.05, 0.1) is 0 Å². The molecule has 3 aromatic rings. The summed E-state index contributed by atoms with van der Waals surface area (Å²) in [6, 6.07) is 11.7. The molecule has 188 valence electrons. The predicted molar refractivity (Wildman–Crippen MR) is 124 cm³/mol. The van der Waals surface area contributed by atoms with Gasteiger partial charge in [0.1, 0.15) is 17.7 Å². The maximum absolute atomic E-state index is 13.0. The van der Waals surface area contributed by atoms with E-state index in [-0.39, 0.29) is 42.6 Å². The van der Waals surface area contributed by atoms with Gasteiger partial charge in [0.2, 0.25) is 0 Å². The number of carbonyl (C=O) groups excluding carboxylic acids is 1. The number of ether oxygens (including phenoxy) is 1. The van der Waals surface area contributed by atoms with Crippen molar-refractivity contribution in [2.75, 3.05) is 25.5 Å². The Balaban J connectivity index is 2.06. The lowest BCUT2D eigenvalue weighted by atomic mass is 10.1. The molecule has 0 saturated carbocycles. The monoisotopic (exact) mass is 512 g/mol. The van der Waals surface area contributed by atoms with Crippen LogP contribution in [0.2, 0.25) is 5.02 Å². The van der Waals surface area contributed by atoms with Crippen molar-refractivity contribution in [2.45, 2.75) is 25.4 Å². The molecule has 1 aromatic heterocycles. The van der Waals surface area contributed by atoms with E-state index in [0.29, 0.717) is 11.4 Å². The summed E-state index contributed by atoms with van der Waals surface area (Å²) in [5, 5.41) is 26.2. The lowest BCUT2D eigenvalue weighted by Gasteiger charge is -2.17. The van der Waals surface area contributed by atoms with E-state index in [9.17, 15) is 23.1 Å². The zero-order valence-corrected chi connectivity index (χ0v) is 19.4. The zero-order valence-electron chi connectivity index (χ0n) is 18.6. The van der Waals surface area contributed by atoms with E-state index in [2.05, 4.69) is 20.4 Å². The number of aliphatic hydroxyl groups excluding tert-OH is 2. The van der Waals surface area contributed by atoms with Crippen molar-refractivity contribution in [3.05, 3.63) is 76.2 Å². The van der Waals surface area contributed by atoms with Crippen LogP contribution >= 0.6 is 11.6 Å². The van der Waals surface area contributed by atoms with E-state index in [1.807, 2.05) is 0 Å². The number of nitrogens with one attached hydrogen (secondary N) is 2. The fourth-order valence-corrected chi connectivity index (χ4v) is 3.54.